The molecule has 0 aliphatic heterocycles. The molecule has 5 heteroatoms. The standard InChI is InChI=1S/C10H20N4O/c1-8(6-12-10(2,3)4)15-9-11-7-14(5)13-9/h7-8,12H,6H2,1-5H3. The summed E-state index contributed by atoms with van der Waals surface area (Å²) >= 11 is 0. The molecular weight excluding hydrogens is 192 g/mol. The molecule has 1 unspecified atom stereocenters. The fourth-order valence-electron chi connectivity index (χ4n) is 1.05. The minimum atomic E-state index is 0.0617. The molecule has 1 heterocycles. The molecule has 1 aromatic heterocycles. The molecular formula is C10H20N4O. The molecule has 1 N–H and O–H groups in total. The highest BCUT2D eigenvalue weighted by molar-refractivity contribution is 4.88. The second-order valence-corrected chi connectivity index (χ2v) is 4.76. The molecule has 15 heavy (non-hydrogen) atoms. The Labute approximate surface area is 90.8 Å². The molecule has 0 aromatic carbocycles. The van der Waals surface area contributed by atoms with Crippen molar-refractivity contribution in [2.45, 2.75) is 39.3 Å². The van der Waals surface area contributed by atoms with Crippen molar-refractivity contribution in [3.8, 4) is 6.01 Å². The monoisotopic (exact) mass is 212 g/mol. The zero-order valence-electron chi connectivity index (χ0n) is 10.1. The van der Waals surface area contributed by atoms with Gasteiger partial charge < -0.3 is 10.1 Å². The van der Waals surface area contributed by atoms with Crippen molar-refractivity contribution >= 4 is 0 Å². The van der Waals surface area contributed by atoms with Crippen LogP contribution in [0.25, 0.3) is 0 Å². The van der Waals surface area contributed by atoms with Gasteiger partial charge in [0.15, 0.2) is 0 Å². The highest BCUT2D eigenvalue weighted by Gasteiger charge is 2.12. The molecule has 1 rings (SSSR count). The lowest BCUT2D eigenvalue weighted by molar-refractivity contribution is 0.187. The summed E-state index contributed by atoms with van der Waals surface area (Å²) in [6.07, 6.45) is 1.69. The maximum Gasteiger partial charge on any atom is 0.335 e. The number of nitrogens with one attached hydrogen (secondary N) is 1. The molecule has 0 saturated heterocycles. The molecule has 5 nitrogen and oxygen atoms in total. The summed E-state index contributed by atoms with van der Waals surface area (Å²) in [5.74, 6) is 0. The lowest BCUT2D eigenvalue weighted by atomic mass is 10.1. The van der Waals surface area contributed by atoms with Gasteiger partial charge in [0, 0.05) is 19.1 Å². The Morgan fingerprint density at radius 1 is 1.53 bits per heavy atom. The number of ether oxygens (including phenoxy) is 1. The Kier molecular flexibility index (Phi) is 3.68. The van der Waals surface area contributed by atoms with Crippen LogP contribution in [0.1, 0.15) is 27.7 Å². The van der Waals surface area contributed by atoms with Gasteiger partial charge in [-0.25, -0.2) is 0 Å². The SMILES string of the molecule is CC(CNC(C)(C)C)Oc1ncn(C)n1. The lowest BCUT2D eigenvalue weighted by Crippen LogP contribution is -2.41. The molecule has 0 amide bonds. The van der Waals surface area contributed by atoms with Crippen molar-refractivity contribution < 1.29 is 4.74 Å². The first kappa shape index (κ1) is 12.0. The Hall–Kier alpha value is -1.10. The second kappa shape index (κ2) is 4.61. The van der Waals surface area contributed by atoms with Gasteiger partial charge in [-0.2, -0.15) is 4.98 Å². The van der Waals surface area contributed by atoms with Crippen molar-refractivity contribution in [3.63, 3.8) is 0 Å². The zero-order chi connectivity index (χ0) is 11.5. The second-order valence-electron chi connectivity index (χ2n) is 4.76. The highest BCUT2D eigenvalue weighted by Crippen LogP contribution is 2.04. The van der Waals surface area contributed by atoms with Crippen LogP contribution in [-0.2, 0) is 7.05 Å². The fraction of sp³-hybridized carbons (Fsp3) is 0.800. The van der Waals surface area contributed by atoms with E-state index in [-0.39, 0.29) is 11.6 Å². The number of hydrogen-bond donors (Lipinski definition) is 1. The smallest absolute Gasteiger partial charge is 0.335 e. The first-order chi connectivity index (χ1) is 6.87. The van der Waals surface area contributed by atoms with Crippen LogP contribution < -0.4 is 10.1 Å². The van der Waals surface area contributed by atoms with Crippen LogP contribution in [0.3, 0.4) is 0 Å². The van der Waals surface area contributed by atoms with Crippen molar-refractivity contribution in [1.82, 2.24) is 20.1 Å². The Bertz CT molecular complexity index is 303. The van der Waals surface area contributed by atoms with E-state index in [9.17, 15) is 0 Å². The lowest BCUT2D eigenvalue weighted by Gasteiger charge is -2.23. The van der Waals surface area contributed by atoms with Gasteiger partial charge in [-0.1, -0.05) is 0 Å². The van der Waals surface area contributed by atoms with Crippen LogP contribution in [0.15, 0.2) is 6.33 Å². The molecule has 0 aliphatic carbocycles. The summed E-state index contributed by atoms with van der Waals surface area (Å²) in [5, 5.41) is 7.41. The van der Waals surface area contributed by atoms with Gasteiger partial charge in [0.25, 0.3) is 0 Å². The molecule has 0 spiro atoms. The van der Waals surface area contributed by atoms with Crippen molar-refractivity contribution in [2.75, 3.05) is 6.54 Å². The average molecular weight is 212 g/mol. The van der Waals surface area contributed by atoms with Gasteiger partial charge in [0.2, 0.25) is 0 Å². The van der Waals surface area contributed by atoms with Gasteiger partial charge >= 0.3 is 6.01 Å². The van der Waals surface area contributed by atoms with E-state index < -0.39 is 0 Å². The molecule has 0 saturated carbocycles. The van der Waals surface area contributed by atoms with Crippen LogP contribution in [0.2, 0.25) is 0 Å². The van der Waals surface area contributed by atoms with Crippen LogP contribution in [0.5, 0.6) is 6.01 Å². The Balaban J connectivity index is 2.33. The molecule has 0 fully saturated rings. The summed E-state index contributed by atoms with van der Waals surface area (Å²) < 4.78 is 7.15. The third-order valence-electron chi connectivity index (χ3n) is 1.81. The Morgan fingerprint density at radius 3 is 2.67 bits per heavy atom. The van der Waals surface area contributed by atoms with Gasteiger partial charge in [0.05, 0.1) is 0 Å². The van der Waals surface area contributed by atoms with Crippen molar-refractivity contribution in [2.24, 2.45) is 7.05 Å². The van der Waals surface area contributed by atoms with E-state index >= 15 is 0 Å². The van der Waals surface area contributed by atoms with E-state index in [0.717, 1.165) is 6.54 Å². The largest absolute Gasteiger partial charge is 0.458 e. The Morgan fingerprint density at radius 2 is 2.20 bits per heavy atom. The highest BCUT2D eigenvalue weighted by atomic mass is 16.5. The molecule has 0 aliphatic rings. The maximum absolute atomic E-state index is 5.52. The topological polar surface area (TPSA) is 52.0 Å². The summed E-state index contributed by atoms with van der Waals surface area (Å²) in [6, 6.07) is 0.431. The molecule has 0 radical (unpaired) electrons. The van der Waals surface area contributed by atoms with E-state index in [1.54, 1.807) is 11.0 Å². The number of hydrogen-bond acceptors (Lipinski definition) is 4. The third kappa shape index (κ3) is 4.78. The predicted octanol–water partition coefficient (Wildman–Crippen LogP) is 0.970. The predicted molar refractivity (Wildman–Crippen MR) is 58.8 cm³/mol. The molecule has 86 valence electrons. The normalized spacial score (nSPS) is 13.9. The van der Waals surface area contributed by atoms with E-state index in [1.165, 1.54) is 0 Å². The van der Waals surface area contributed by atoms with Crippen LogP contribution in [0, 0.1) is 0 Å². The number of aromatic nitrogens is 3. The van der Waals surface area contributed by atoms with E-state index in [0.29, 0.717) is 6.01 Å². The quantitative estimate of drug-likeness (QED) is 0.808. The van der Waals surface area contributed by atoms with E-state index in [4.69, 9.17) is 4.74 Å². The van der Waals surface area contributed by atoms with Crippen molar-refractivity contribution in [1.29, 1.82) is 0 Å². The minimum Gasteiger partial charge on any atom is -0.458 e. The molecule has 1 aromatic rings. The third-order valence-corrected chi connectivity index (χ3v) is 1.81. The molecule has 1 atom stereocenters. The fourth-order valence-corrected chi connectivity index (χ4v) is 1.05. The van der Waals surface area contributed by atoms with Gasteiger partial charge in [-0.15, -0.1) is 5.10 Å². The first-order valence-corrected chi connectivity index (χ1v) is 5.14. The summed E-state index contributed by atoms with van der Waals surface area (Å²) in [4.78, 5) is 4.00. The zero-order valence-corrected chi connectivity index (χ0v) is 10.1. The minimum absolute atomic E-state index is 0.0617. The van der Waals surface area contributed by atoms with E-state index in [2.05, 4.69) is 36.2 Å². The summed E-state index contributed by atoms with van der Waals surface area (Å²) in [6.45, 7) is 9.15. The average Bonchev–Trinajstić information content (AvgIpc) is 2.47. The van der Waals surface area contributed by atoms with E-state index in [1.807, 2.05) is 14.0 Å². The molecule has 0 bridgehead atoms. The number of nitrogens with zero attached hydrogens (tertiary/aromatic N) is 3. The maximum atomic E-state index is 5.52. The number of aryl methyl sites for hydroxylation is 1. The van der Waals surface area contributed by atoms with Gasteiger partial charge in [0.1, 0.15) is 12.4 Å². The van der Waals surface area contributed by atoms with Crippen LogP contribution in [-0.4, -0.2) is 33.0 Å². The first-order valence-electron chi connectivity index (χ1n) is 5.14. The van der Waals surface area contributed by atoms with Gasteiger partial charge in [-0.3, -0.25) is 4.68 Å². The van der Waals surface area contributed by atoms with Crippen LogP contribution in [0.4, 0.5) is 0 Å². The van der Waals surface area contributed by atoms with Crippen LogP contribution >= 0.6 is 0 Å². The van der Waals surface area contributed by atoms with Gasteiger partial charge in [-0.05, 0) is 27.7 Å². The van der Waals surface area contributed by atoms with Crippen molar-refractivity contribution in [3.05, 3.63) is 6.33 Å². The summed E-state index contributed by atoms with van der Waals surface area (Å²) in [7, 11) is 1.82. The summed E-state index contributed by atoms with van der Waals surface area (Å²) in [5.41, 5.74) is 0.106. The number of rotatable bonds is 4.